The minimum Gasteiger partial charge on any atom is -0.381 e. The molecule has 0 saturated heterocycles. The molecule has 4 aromatic heterocycles. The van der Waals surface area contributed by atoms with Crippen LogP contribution in [0.25, 0.3) is 22.5 Å². The summed E-state index contributed by atoms with van der Waals surface area (Å²) in [7, 11) is 0. The minimum absolute atomic E-state index is 0.0557. The molecule has 0 atom stereocenters. The van der Waals surface area contributed by atoms with E-state index in [2.05, 4.69) is 36.8 Å². The highest BCUT2D eigenvalue weighted by Gasteiger charge is 2.15. The fraction of sp³-hybridized carbons (Fsp3) is 0.167. The average Bonchev–Trinajstić information content (AvgIpc) is 3.34. The van der Waals surface area contributed by atoms with Gasteiger partial charge in [-0.25, -0.2) is 14.6 Å². The predicted octanol–water partition coefficient (Wildman–Crippen LogP) is 1.19. The Bertz CT molecular complexity index is 1260. The second-order valence-corrected chi connectivity index (χ2v) is 6.58. The molecule has 0 aliphatic carbocycles. The third-order valence-corrected chi connectivity index (χ3v) is 4.06. The number of nitriles is 1. The lowest BCUT2D eigenvalue weighted by molar-refractivity contribution is 0.0995. The van der Waals surface area contributed by atoms with E-state index >= 15 is 0 Å². The van der Waals surface area contributed by atoms with Gasteiger partial charge < -0.3 is 11.1 Å². The van der Waals surface area contributed by atoms with Crippen molar-refractivity contribution in [2.45, 2.75) is 19.9 Å². The van der Waals surface area contributed by atoms with Crippen LogP contribution in [0, 0.1) is 11.3 Å². The molecule has 0 saturated carbocycles. The lowest BCUT2D eigenvalue weighted by atomic mass is 10.2. The van der Waals surface area contributed by atoms with Gasteiger partial charge in [-0.15, -0.1) is 5.10 Å². The molecule has 0 aliphatic rings. The molecule has 4 aromatic rings. The standard InChI is InChI=1S/C18H16N10O/c1-10(2)24-13-4-16(21-8-15(13)27-9-14(17(20)29)25-26-27)28-18-12(7-23-28)3-11(5-19)6-22-18/h3-4,6-10H,1-2H3,(H2,20,29)(H,21,24). The second kappa shape index (κ2) is 7.01. The van der Waals surface area contributed by atoms with E-state index in [1.807, 2.05) is 13.8 Å². The van der Waals surface area contributed by atoms with Crippen LogP contribution >= 0.6 is 0 Å². The van der Waals surface area contributed by atoms with Gasteiger partial charge in [-0.1, -0.05) is 5.21 Å². The Balaban J connectivity index is 1.82. The number of primary amides is 1. The molecule has 11 heteroatoms. The SMILES string of the molecule is CC(C)Nc1cc(-n2ncc3cc(C#N)cnc32)ncc1-n1cc(C(N)=O)nn1. The van der Waals surface area contributed by atoms with Crippen LogP contribution in [0.3, 0.4) is 0 Å². The van der Waals surface area contributed by atoms with E-state index < -0.39 is 5.91 Å². The summed E-state index contributed by atoms with van der Waals surface area (Å²) in [6.45, 7) is 3.99. The third-order valence-electron chi connectivity index (χ3n) is 4.06. The summed E-state index contributed by atoms with van der Waals surface area (Å²) in [4.78, 5) is 20.1. The first-order valence-corrected chi connectivity index (χ1v) is 8.69. The van der Waals surface area contributed by atoms with Gasteiger partial charge >= 0.3 is 0 Å². The molecule has 3 N–H and O–H groups in total. The van der Waals surface area contributed by atoms with Crippen LogP contribution in [0.4, 0.5) is 5.69 Å². The van der Waals surface area contributed by atoms with E-state index in [1.165, 1.54) is 17.1 Å². The third kappa shape index (κ3) is 3.34. The van der Waals surface area contributed by atoms with Gasteiger partial charge in [0, 0.05) is 23.7 Å². The Kier molecular flexibility index (Phi) is 4.36. The number of hydrogen-bond donors (Lipinski definition) is 2. The summed E-state index contributed by atoms with van der Waals surface area (Å²) in [5.41, 5.74) is 7.66. The van der Waals surface area contributed by atoms with Gasteiger partial charge in [-0.2, -0.15) is 15.0 Å². The number of rotatable bonds is 5. The van der Waals surface area contributed by atoms with Crippen molar-refractivity contribution in [3.05, 3.63) is 48.2 Å². The lowest BCUT2D eigenvalue weighted by Crippen LogP contribution is -2.14. The highest BCUT2D eigenvalue weighted by atomic mass is 16.1. The maximum atomic E-state index is 11.3. The van der Waals surface area contributed by atoms with Gasteiger partial charge in [-0.3, -0.25) is 4.79 Å². The number of nitrogens with two attached hydrogens (primary N) is 1. The number of aromatic nitrogens is 7. The molecule has 0 radical (unpaired) electrons. The van der Waals surface area contributed by atoms with Crippen LogP contribution in [0.2, 0.25) is 0 Å². The quantitative estimate of drug-likeness (QED) is 0.517. The van der Waals surface area contributed by atoms with E-state index in [0.717, 1.165) is 5.39 Å². The van der Waals surface area contributed by atoms with Crippen molar-refractivity contribution >= 4 is 22.6 Å². The number of carbonyl (C=O) groups is 1. The fourth-order valence-electron chi connectivity index (χ4n) is 2.81. The Morgan fingerprint density at radius 3 is 2.76 bits per heavy atom. The van der Waals surface area contributed by atoms with E-state index in [9.17, 15) is 4.79 Å². The number of nitrogens with one attached hydrogen (secondary N) is 1. The van der Waals surface area contributed by atoms with E-state index in [1.54, 1.807) is 29.2 Å². The molecule has 144 valence electrons. The lowest BCUT2D eigenvalue weighted by Gasteiger charge is -2.15. The molecule has 0 fully saturated rings. The summed E-state index contributed by atoms with van der Waals surface area (Å²) in [5, 5.41) is 25.2. The number of hydrogen-bond acceptors (Lipinski definition) is 8. The Morgan fingerprint density at radius 1 is 1.24 bits per heavy atom. The Morgan fingerprint density at radius 2 is 2.07 bits per heavy atom. The first kappa shape index (κ1) is 18.1. The van der Waals surface area contributed by atoms with Crippen LogP contribution in [0.15, 0.2) is 36.9 Å². The van der Waals surface area contributed by atoms with Crippen molar-refractivity contribution in [2.75, 3.05) is 5.32 Å². The number of pyridine rings is 2. The van der Waals surface area contributed by atoms with Crippen LogP contribution in [0.1, 0.15) is 29.9 Å². The maximum absolute atomic E-state index is 11.3. The minimum atomic E-state index is -0.662. The van der Waals surface area contributed by atoms with Crippen molar-refractivity contribution in [2.24, 2.45) is 5.73 Å². The summed E-state index contributed by atoms with van der Waals surface area (Å²) in [6.07, 6.45) is 6.16. The molecule has 29 heavy (non-hydrogen) atoms. The van der Waals surface area contributed by atoms with Crippen molar-refractivity contribution in [1.82, 2.24) is 34.7 Å². The van der Waals surface area contributed by atoms with Crippen LogP contribution in [0.5, 0.6) is 0 Å². The number of anilines is 1. The van der Waals surface area contributed by atoms with Crippen LogP contribution in [-0.2, 0) is 0 Å². The largest absolute Gasteiger partial charge is 0.381 e. The number of nitrogens with zero attached hydrogens (tertiary/aromatic N) is 8. The Hall–Kier alpha value is -4.33. The average molecular weight is 388 g/mol. The number of fused-ring (bicyclic) bond motifs is 1. The highest BCUT2D eigenvalue weighted by Crippen LogP contribution is 2.24. The molecule has 0 spiro atoms. The Labute approximate surface area is 164 Å². The smallest absolute Gasteiger partial charge is 0.270 e. The molecule has 0 bridgehead atoms. The maximum Gasteiger partial charge on any atom is 0.270 e. The van der Waals surface area contributed by atoms with Crippen molar-refractivity contribution < 1.29 is 4.79 Å². The van der Waals surface area contributed by atoms with Crippen molar-refractivity contribution in [3.8, 4) is 17.6 Å². The summed E-state index contributed by atoms with van der Waals surface area (Å²) in [6, 6.07) is 5.70. The molecule has 0 aliphatic heterocycles. The van der Waals surface area contributed by atoms with Gasteiger partial charge in [0.05, 0.1) is 29.8 Å². The molecule has 0 unspecified atom stereocenters. The van der Waals surface area contributed by atoms with Gasteiger partial charge in [0.15, 0.2) is 17.2 Å². The van der Waals surface area contributed by atoms with Crippen LogP contribution < -0.4 is 11.1 Å². The molecular formula is C18H16N10O. The van der Waals surface area contributed by atoms with Gasteiger partial charge in [0.2, 0.25) is 0 Å². The highest BCUT2D eigenvalue weighted by molar-refractivity contribution is 5.90. The normalized spacial score (nSPS) is 11.0. The second-order valence-electron chi connectivity index (χ2n) is 6.58. The van der Waals surface area contributed by atoms with Gasteiger partial charge in [-0.05, 0) is 19.9 Å². The molecule has 11 nitrogen and oxygen atoms in total. The van der Waals surface area contributed by atoms with Crippen molar-refractivity contribution in [1.29, 1.82) is 5.26 Å². The predicted molar refractivity (Wildman–Crippen MR) is 104 cm³/mol. The molecule has 4 heterocycles. The summed E-state index contributed by atoms with van der Waals surface area (Å²) in [5.74, 6) is -0.135. The fourth-order valence-corrected chi connectivity index (χ4v) is 2.81. The van der Waals surface area contributed by atoms with Gasteiger partial charge in [0.25, 0.3) is 5.91 Å². The molecule has 1 amide bonds. The number of carbonyl (C=O) groups excluding carboxylic acids is 1. The zero-order chi connectivity index (χ0) is 20.5. The van der Waals surface area contributed by atoms with Gasteiger partial charge in [0.1, 0.15) is 11.8 Å². The molecular weight excluding hydrogens is 372 g/mol. The summed E-state index contributed by atoms with van der Waals surface area (Å²) < 4.78 is 3.02. The van der Waals surface area contributed by atoms with E-state index in [4.69, 9.17) is 11.0 Å². The van der Waals surface area contributed by atoms with E-state index in [0.29, 0.717) is 28.4 Å². The zero-order valence-corrected chi connectivity index (χ0v) is 15.6. The monoisotopic (exact) mass is 388 g/mol. The zero-order valence-electron chi connectivity index (χ0n) is 15.6. The van der Waals surface area contributed by atoms with Crippen LogP contribution in [-0.4, -0.2) is 46.7 Å². The number of amides is 1. The van der Waals surface area contributed by atoms with Crippen molar-refractivity contribution in [3.63, 3.8) is 0 Å². The molecule has 4 rings (SSSR count). The van der Waals surface area contributed by atoms with E-state index in [-0.39, 0.29) is 11.7 Å². The first-order valence-electron chi connectivity index (χ1n) is 8.69. The molecule has 0 aromatic carbocycles. The first-order chi connectivity index (χ1) is 14.0. The summed E-state index contributed by atoms with van der Waals surface area (Å²) >= 11 is 0. The topological polar surface area (TPSA) is 153 Å².